The third-order valence-electron chi connectivity index (χ3n) is 10.1. The van der Waals surface area contributed by atoms with E-state index in [1.807, 2.05) is 41.5 Å². The number of amides is 5. The first kappa shape index (κ1) is 35.0. The van der Waals surface area contributed by atoms with E-state index in [1.165, 1.54) is 23.5 Å². The maximum absolute atomic E-state index is 14.4. The Labute approximate surface area is 270 Å². The second-order valence-corrected chi connectivity index (χ2v) is 14.7. The molecule has 2 heterocycles. The number of hydrogen-bond donors (Lipinski definition) is 4. The Balaban J connectivity index is 1.58. The lowest BCUT2D eigenvalue weighted by molar-refractivity contribution is -0.146. The molecule has 2 saturated carbocycles. The largest absolute Gasteiger partial charge is 0.363 e. The first-order valence-electron chi connectivity index (χ1n) is 16.4. The molecule has 13 heteroatoms. The molecule has 5 N–H and O–H groups in total. The van der Waals surface area contributed by atoms with Crippen molar-refractivity contribution in [2.45, 2.75) is 111 Å². The summed E-state index contributed by atoms with van der Waals surface area (Å²) < 4.78 is 0. The van der Waals surface area contributed by atoms with Gasteiger partial charge < -0.3 is 26.6 Å². The van der Waals surface area contributed by atoms with Crippen molar-refractivity contribution < 1.29 is 28.8 Å². The number of Topliss-reactive ketones (excluding diaryl/α,β-unsaturated/α-hetero) is 1. The highest BCUT2D eigenvalue weighted by Gasteiger charge is 2.70. The number of piperidine rings is 1. The van der Waals surface area contributed by atoms with Crippen LogP contribution >= 0.6 is 0 Å². The first-order chi connectivity index (χ1) is 21.6. The summed E-state index contributed by atoms with van der Waals surface area (Å²) in [5.74, 6) is -4.16. The number of rotatable bonds is 12. The molecular weight excluding hydrogens is 590 g/mol. The zero-order chi connectivity index (χ0) is 34.0. The number of nitrogens with one attached hydrogen (secondary N) is 3. The van der Waals surface area contributed by atoms with Crippen molar-refractivity contribution >= 4 is 35.3 Å². The van der Waals surface area contributed by atoms with Crippen LogP contribution in [0.2, 0.25) is 0 Å². The lowest BCUT2D eigenvalue weighted by atomic mass is 9.82. The number of carbonyl (C=O) groups is 6. The molecule has 1 saturated heterocycles. The lowest BCUT2D eigenvalue weighted by Gasteiger charge is -2.39. The van der Waals surface area contributed by atoms with Crippen molar-refractivity contribution in [1.29, 1.82) is 0 Å². The van der Waals surface area contributed by atoms with Crippen LogP contribution in [-0.2, 0) is 24.0 Å². The van der Waals surface area contributed by atoms with E-state index < -0.39 is 64.9 Å². The van der Waals surface area contributed by atoms with E-state index in [-0.39, 0.29) is 35.3 Å². The van der Waals surface area contributed by atoms with Crippen LogP contribution in [0.4, 0.5) is 0 Å². The van der Waals surface area contributed by atoms with E-state index >= 15 is 0 Å². The number of likely N-dealkylation sites (tertiary alicyclic amines) is 1. The Morgan fingerprint density at radius 2 is 1.70 bits per heavy atom. The predicted octanol–water partition coefficient (Wildman–Crippen LogP) is 1.51. The fraction of sp³-hybridized carbons (Fsp3) is 0.697. The quantitative estimate of drug-likeness (QED) is 0.247. The maximum Gasteiger partial charge on any atom is 0.287 e. The second kappa shape index (κ2) is 13.8. The average Bonchev–Trinajstić information content (AvgIpc) is 3.33. The Morgan fingerprint density at radius 3 is 2.26 bits per heavy atom. The van der Waals surface area contributed by atoms with Crippen LogP contribution in [-0.4, -0.2) is 80.9 Å². The van der Waals surface area contributed by atoms with Gasteiger partial charge >= 0.3 is 0 Å². The highest BCUT2D eigenvalue weighted by Crippen LogP contribution is 2.65. The lowest BCUT2D eigenvalue weighted by Crippen LogP contribution is -2.62. The molecule has 46 heavy (non-hydrogen) atoms. The maximum atomic E-state index is 14.4. The molecule has 5 amide bonds. The summed E-state index contributed by atoms with van der Waals surface area (Å²) in [7, 11) is 0. The Bertz CT molecular complexity index is 1340. The normalized spacial score (nSPS) is 24.1. The van der Waals surface area contributed by atoms with E-state index in [1.54, 1.807) is 0 Å². The van der Waals surface area contributed by atoms with Crippen molar-refractivity contribution in [1.82, 2.24) is 30.8 Å². The molecule has 1 aliphatic heterocycles. The fourth-order valence-electron chi connectivity index (χ4n) is 7.34. The molecule has 3 aliphatic rings. The van der Waals surface area contributed by atoms with Crippen LogP contribution in [0.5, 0.6) is 0 Å². The molecule has 6 atom stereocenters. The summed E-state index contributed by atoms with van der Waals surface area (Å²) >= 11 is 0. The van der Waals surface area contributed by atoms with E-state index in [4.69, 9.17) is 5.73 Å². The van der Waals surface area contributed by atoms with Gasteiger partial charge in [-0.1, -0.05) is 67.2 Å². The van der Waals surface area contributed by atoms with Crippen molar-refractivity contribution in [3.8, 4) is 0 Å². The van der Waals surface area contributed by atoms with Crippen molar-refractivity contribution in [3.63, 3.8) is 0 Å². The van der Waals surface area contributed by atoms with E-state index in [2.05, 4.69) is 25.9 Å². The molecule has 0 radical (unpaired) electrons. The van der Waals surface area contributed by atoms with Crippen LogP contribution in [0, 0.1) is 28.6 Å². The minimum atomic E-state index is -1.13. The van der Waals surface area contributed by atoms with Gasteiger partial charge in [0.1, 0.15) is 23.8 Å². The third-order valence-corrected chi connectivity index (χ3v) is 10.1. The number of aromatic nitrogens is 2. The molecule has 1 aromatic heterocycles. The highest BCUT2D eigenvalue weighted by atomic mass is 16.2. The number of nitrogens with two attached hydrogens (primary N) is 1. The average molecular weight is 640 g/mol. The number of fused-ring (bicyclic) bond motifs is 1. The highest BCUT2D eigenvalue weighted by molar-refractivity contribution is 6.37. The Kier molecular flexibility index (Phi) is 10.5. The number of carbonyl (C=O) groups excluding carboxylic acids is 6. The minimum absolute atomic E-state index is 0.0567. The van der Waals surface area contributed by atoms with Crippen molar-refractivity contribution in [2.24, 2.45) is 34.3 Å². The predicted molar refractivity (Wildman–Crippen MR) is 169 cm³/mol. The van der Waals surface area contributed by atoms with E-state index in [0.29, 0.717) is 13.0 Å². The van der Waals surface area contributed by atoms with Gasteiger partial charge in [-0.2, -0.15) is 0 Å². The standard InChI is InChI=1S/C33H49N7O6/c1-7-11-20(25(41)27(34)42)37-30(45)24-22-19(33(22,5)6)17-40(24)31(46)26(32(2,3)4)39-29(44)23(18-12-9-8-10-13-18)38-28(43)21-16-35-14-15-36-21/h14-16,18-20,22-24,26H,7-13,17H2,1-6H3,(H2,34,42)(H,37,45)(H,38,43)(H,39,44)/t19-,20?,22-,23-,24-,26+/m0/s1. The molecule has 0 aromatic carbocycles. The monoisotopic (exact) mass is 639 g/mol. The summed E-state index contributed by atoms with van der Waals surface area (Å²) in [6, 6.07) is -3.89. The summed E-state index contributed by atoms with van der Waals surface area (Å²) in [5.41, 5.74) is 4.38. The number of primary amides is 1. The number of hydrogen-bond acceptors (Lipinski definition) is 8. The van der Waals surface area contributed by atoms with Crippen LogP contribution in [0.3, 0.4) is 0 Å². The molecule has 4 rings (SSSR count). The van der Waals surface area contributed by atoms with Gasteiger partial charge in [0, 0.05) is 18.9 Å². The van der Waals surface area contributed by atoms with Crippen molar-refractivity contribution in [2.75, 3.05) is 6.54 Å². The zero-order valence-electron chi connectivity index (χ0n) is 27.8. The van der Waals surface area contributed by atoms with Gasteiger partial charge in [-0.3, -0.25) is 33.8 Å². The Hall–Kier alpha value is -3.90. The van der Waals surface area contributed by atoms with Crippen LogP contribution in [0.15, 0.2) is 18.6 Å². The van der Waals surface area contributed by atoms with Crippen molar-refractivity contribution in [3.05, 3.63) is 24.3 Å². The van der Waals surface area contributed by atoms with E-state index in [9.17, 15) is 28.8 Å². The second-order valence-electron chi connectivity index (χ2n) is 14.7. The Morgan fingerprint density at radius 1 is 1.02 bits per heavy atom. The van der Waals surface area contributed by atoms with Crippen LogP contribution in [0.25, 0.3) is 0 Å². The van der Waals surface area contributed by atoms with Gasteiger partial charge in [0.2, 0.25) is 23.5 Å². The van der Waals surface area contributed by atoms with E-state index in [0.717, 1.165) is 32.1 Å². The van der Waals surface area contributed by atoms with Gasteiger partial charge in [0.15, 0.2) is 0 Å². The van der Waals surface area contributed by atoms with Crippen LogP contribution < -0.4 is 21.7 Å². The van der Waals surface area contributed by atoms with Gasteiger partial charge in [-0.05, 0) is 47.8 Å². The molecular formula is C33H49N7O6. The summed E-state index contributed by atoms with van der Waals surface area (Å²) in [6.07, 6.45) is 9.37. The molecule has 2 aliphatic carbocycles. The van der Waals surface area contributed by atoms with Gasteiger partial charge in [0.05, 0.1) is 12.2 Å². The number of ketones is 1. The topological polar surface area (TPSA) is 194 Å². The summed E-state index contributed by atoms with van der Waals surface area (Å²) in [4.78, 5) is 89.0. The molecule has 1 unspecified atom stereocenters. The zero-order valence-corrected chi connectivity index (χ0v) is 27.8. The first-order valence-corrected chi connectivity index (χ1v) is 16.4. The van der Waals surface area contributed by atoms with Gasteiger partial charge in [-0.15, -0.1) is 0 Å². The number of nitrogens with zero attached hydrogens (tertiary/aromatic N) is 3. The summed E-state index contributed by atoms with van der Waals surface area (Å²) in [6.45, 7) is 11.7. The molecule has 3 fully saturated rings. The fourth-order valence-corrected chi connectivity index (χ4v) is 7.34. The third kappa shape index (κ3) is 7.39. The smallest absolute Gasteiger partial charge is 0.287 e. The van der Waals surface area contributed by atoms with Gasteiger partial charge in [-0.25, -0.2) is 4.98 Å². The SMILES string of the molecule is CCCC(NC(=O)[C@@H]1[C@@H]2[C@H](CN1C(=O)[C@@H](NC(=O)[C@@H](NC(=O)c1cnccn1)C1CCCCC1)C(C)(C)C)C2(C)C)C(=O)C(N)=O. The summed E-state index contributed by atoms with van der Waals surface area (Å²) in [5, 5.41) is 8.53. The molecule has 252 valence electrons. The molecule has 0 bridgehead atoms. The molecule has 1 aromatic rings. The minimum Gasteiger partial charge on any atom is -0.363 e. The van der Waals surface area contributed by atoms with Crippen LogP contribution in [0.1, 0.15) is 97.0 Å². The molecule has 13 nitrogen and oxygen atoms in total. The molecule has 0 spiro atoms. The van der Waals surface area contributed by atoms with Gasteiger partial charge in [0.25, 0.3) is 11.8 Å².